The van der Waals surface area contributed by atoms with Crippen LogP contribution in [-0.4, -0.2) is 0 Å². The lowest BCUT2D eigenvalue weighted by Gasteiger charge is -1.77. The van der Waals surface area contributed by atoms with E-state index in [9.17, 15) is 0 Å². The van der Waals surface area contributed by atoms with Gasteiger partial charge in [-0.15, -0.1) is 5.73 Å². The molecule has 0 aromatic carbocycles. The summed E-state index contributed by atoms with van der Waals surface area (Å²) >= 11 is 0. The molecule has 0 radical (unpaired) electrons. The second-order valence-corrected chi connectivity index (χ2v) is 2.44. The van der Waals surface area contributed by atoms with E-state index >= 15 is 0 Å². The van der Waals surface area contributed by atoms with Gasteiger partial charge in [-0.05, 0) is 23.8 Å². The Labute approximate surface area is 50.9 Å². The third kappa shape index (κ3) is 0.617. The Morgan fingerprint density at radius 2 is 2.38 bits per heavy atom. The fraction of sp³-hybridized carbons (Fsp3) is 0.625. The molecule has 0 aliphatic heterocycles. The summed E-state index contributed by atoms with van der Waals surface area (Å²) in [4.78, 5) is 0. The van der Waals surface area contributed by atoms with E-state index in [0.29, 0.717) is 0 Å². The van der Waals surface area contributed by atoms with Crippen LogP contribution < -0.4 is 0 Å². The second kappa shape index (κ2) is 1.80. The summed E-state index contributed by atoms with van der Waals surface area (Å²) in [7, 11) is 0. The van der Waals surface area contributed by atoms with Gasteiger partial charge in [-0.3, -0.25) is 0 Å². The molecule has 0 aromatic rings. The highest BCUT2D eigenvalue weighted by molar-refractivity contribution is 5.26. The lowest BCUT2D eigenvalue weighted by molar-refractivity contribution is 0.727. The molecular formula is C8H12. The molecule has 0 aromatic heterocycles. The maximum Gasteiger partial charge on any atom is -0.00578 e. The first kappa shape index (κ1) is 5.65. The fourth-order valence-electron chi connectivity index (χ4n) is 1.33. The van der Waals surface area contributed by atoms with Crippen molar-refractivity contribution in [3.05, 3.63) is 17.9 Å². The monoisotopic (exact) mass is 108 g/mol. The molecule has 2 atom stereocenters. The maximum atomic E-state index is 3.61. The van der Waals surface area contributed by atoms with Crippen LogP contribution in [0, 0.1) is 11.8 Å². The van der Waals surface area contributed by atoms with Crippen LogP contribution in [0.2, 0.25) is 0 Å². The molecule has 0 heteroatoms. The van der Waals surface area contributed by atoms with Crippen LogP contribution in [0.15, 0.2) is 17.9 Å². The highest BCUT2D eigenvalue weighted by Gasteiger charge is 2.37. The molecule has 0 spiro atoms. The minimum absolute atomic E-state index is 0.789. The zero-order valence-electron chi connectivity index (χ0n) is 5.57. The van der Waals surface area contributed by atoms with E-state index in [-0.39, 0.29) is 0 Å². The van der Waals surface area contributed by atoms with Gasteiger partial charge in [-0.2, -0.15) is 0 Å². The van der Waals surface area contributed by atoms with Crippen molar-refractivity contribution >= 4 is 0 Å². The molecule has 0 bridgehead atoms. The van der Waals surface area contributed by atoms with Gasteiger partial charge in [0.2, 0.25) is 0 Å². The summed E-state index contributed by atoms with van der Waals surface area (Å²) in [5.74, 6) is 1.62. The molecule has 1 aliphatic rings. The maximum absolute atomic E-state index is 3.61. The van der Waals surface area contributed by atoms with Crippen LogP contribution >= 0.6 is 0 Å². The van der Waals surface area contributed by atoms with Gasteiger partial charge in [0.15, 0.2) is 0 Å². The average Bonchev–Trinajstić information content (AvgIpc) is 2.40. The number of hydrogen-bond acceptors (Lipinski definition) is 0. The summed E-state index contributed by atoms with van der Waals surface area (Å²) in [6.07, 6.45) is 1.26. The van der Waals surface area contributed by atoms with E-state index in [1.54, 1.807) is 0 Å². The van der Waals surface area contributed by atoms with Gasteiger partial charge in [0.25, 0.3) is 0 Å². The van der Waals surface area contributed by atoms with E-state index < -0.39 is 0 Å². The van der Waals surface area contributed by atoms with Crippen molar-refractivity contribution < 1.29 is 0 Å². The molecule has 1 saturated carbocycles. The number of hydrogen-bond donors (Lipinski definition) is 0. The average molecular weight is 108 g/mol. The molecular weight excluding hydrogens is 96.1 g/mol. The third-order valence-corrected chi connectivity index (χ3v) is 2.03. The van der Waals surface area contributed by atoms with Crippen LogP contribution in [-0.2, 0) is 0 Å². The highest BCUT2D eigenvalue weighted by atomic mass is 14.4. The molecule has 1 fully saturated rings. The van der Waals surface area contributed by atoms with Gasteiger partial charge in [0.05, 0.1) is 0 Å². The molecule has 0 heterocycles. The zero-order chi connectivity index (χ0) is 6.15. The molecule has 0 N–H and O–H groups in total. The van der Waals surface area contributed by atoms with Crippen LogP contribution in [0.3, 0.4) is 0 Å². The van der Waals surface area contributed by atoms with Crippen LogP contribution in [0.4, 0.5) is 0 Å². The minimum atomic E-state index is 0.789. The Balaban J connectivity index is 2.58. The molecule has 8 heavy (non-hydrogen) atoms. The Kier molecular flexibility index (Phi) is 1.27. The van der Waals surface area contributed by atoms with Gasteiger partial charge < -0.3 is 0 Å². The van der Waals surface area contributed by atoms with E-state index in [4.69, 9.17) is 0 Å². The molecule has 0 amide bonds. The van der Waals surface area contributed by atoms with E-state index in [2.05, 4.69) is 26.2 Å². The predicted octanol–water partition coefficient (Wildman–Crippen LogP) is 2.37. The first-order valence-electron chi connectivity index (χ1n) is 3.21. The highest BCUT2D eigenvalue weighted by Crippen LogP contribution is 2.46. The lowest BCUT2D eigenvalue weighted by atomic mass is 10.3. The zero-order valence-corrected chi connectivity index (χ0v) is 5.57. The van der Waals surface area contributed by atoms with E-state index in [1.807, 2.05) is 0 Å². The second-order valence-electron chi connectivity index (χ2n) is 2.44. The summed E-state index contributed by atoms with van der Waals surface area (Å²) in [6, 6.07) is 0. The Hall–Kier alpha value is -0.480. The third-order valence-electron chi connectivity index (χ3n) is 2.03. The van der Waals surface area contributed by atoms with Crippen molar-refractivity contribution in [1.82, 2.24) is 0 Å². The Bertz CT molecular complexity index is 138. The lowest BCUT2D eigenvalue weighted by Crippen LogP contribution is -1.68. The topological polar surface area (TPSA) is 0 Å². The van der Waals surface area contributed by atoms with Crippen molar-refractivity contribution in [2.24, 2.45) is 11.8 Å². The molecule has 0 nitrogen and oxygen atoms in total. The number of rotatable bonds is 1. The van der Waals surface area contributed by atoms with Crippen molar-refractivity contribution in [1.29, 1.82) is 0 Å². The van der Waals surface area contributed by atoms with Gasteiger partial charge in [0, 0.05) is 0 Å². The van der Waals surface area contributed by atoms with Crippen molar-refractivity contribution in [2.75, 3.05) is 0 Å². The van der Waals surface area contributed by atoms with Crippen molar-refractivity contribution in [3.63, 3.8) is 0 Å². The quantitative estimate of drug-likeness (QED) is 0.452. The molecule has 1 rings (SSSR count). The van der Waals surface area contributed by atoms with Crippen molar-refractivity contribution in [2.45, 2.75) is 20.3 Å². The SMILES string of the molecule is C=C=C1C(C)C1CC. The van der Waals surface area contributed by atoms with Gasteiger partial charge in [-0.1, -0.05) is 20.4 Å². The molecule has 44 valence electrons. The number of allylic oxidation sites excluding steroid dienone is 1. The standard InChI is InChI=1S/C8H12/c1-4-7-6(3)8(7)5-2/h6,8H,1,5H2,2-3H3. The summed E-state index contributed by atoms with van der Waals surface area (Å²) in [6.45, 7) is 8.06. The summed E-state index contributed by atoms with van der Waals surface area (Å²) in [5, 5.41) is 0. The normalized spacial score (nSPS) is 34.5. The van der Waals surface area contributed by atoms with Gasteiger partial charge in [-0.25, -0.2) is 0 Å². The molecule has 1 aliphatic carbocycles. The first-order chi connectivity index (χ1) is 3.81. The van der Waals surface area contributed by atoms with Gasteiger partial charge in [0.1, 0.15) is 0 Å². The molecule has 2 unspecified atom stereocenters. The van der Waals surface area contributed by atoms with E-state index in [0.717, 1.165) is 11.8 Å². The Morgan fingerprint density at radius 1 is 1.75 bits per heavy atom. The minimum Gasteiger partial charge on any atom is -0.129 e. The van der Waals surface area contributed by atoms with Crippen molar-refractivity contribution in [3.8, 4) is 0 Å². The molecule has 0 saturated heterocycles. The first-order valence-corrected chi connectivity index (χ1v) is 3.21. The van der Waals surface area contributed by atoms with Crippen LogP contribution in [0.1, 0.15) is 20.3 Å². The van der Waals surface area contributed by atoms with E-state index in [1.165, 1.54) is 12.0 Å². The summed E-state index contributed by atoms with van der Waals surface area (Å²) < 4.78 is 0. The van der Waals surface area contributed by atoms with Crippen LogP contribution in [0.25, 0.3) is 0 Å². The smallest absolute Gasteiger partial charge is 0.00578 e. The predicted molar refractivity (Wildman–Crippen MR) is 35.6 cm³/mol. The Morgan fingerprint density at radius 3 is 2.50 bits per heavy atom. The van der Waals surface area contributed by atoms with Gasteiger partial charge >= 0.3 is 0 Å². The fourth-order valence-corrected chi connectivity index (χ4v) is 1.33. The summed E-state index contributed by atoms with van der Waals surface area (Å²) in [5.41, 5.74) is 4.39. The van der Waals surface area contributed by atoms with Crippen LogP contribution in [0.5, 0.6) is 0 Å². The largest absolute Gasteiger partial charge is 0.129 e.